The summed E-state index contributed by atoms with van der Waals surface area (Å²) in [4.78, 5) is 4.12. The van der Waals surface area contributed by atoms with Gasteiger partial charge in [-0.1, -0.05) is 0 Å². The number of halogens is 3. The Balaban J connectivity index is 2.16. The van der Waals surface area contributed by atoms with E-state index in [4.69, 9.17) is 9.47 Å². The molecule has 2 aromatic carbocycles. The molecule has 0 aliphatic carbocycles. The van der Waals surface area contributed by atoms with E-state index < -0.39 is 11.7 Å². The predicted octanol–water partition coefficient (Wildman–Crippen LogP) is 5.59. The summed E-state index contributed by atoms with van der Waals surface area (Å²) in [5.74, 6) is 0.956. The van der Waals surface area contributed by atoms with Crippen molar-refractivity contribution in [2.75, 3.05) is 19.5 Å². The van der Waals surface area contributed by atoms with Gasteiger partial charge in [0.15, 0.2) is 5.13 Å². The lowest BCUT2D eigenvalue weighted by atomic mass is 9.99. The molecule has 136 valence electrons. The topological polar surface area (TPSA) is 43.4 Å². The summed E-state index contributed by atoms with van der Waals surface area (Å²) in [6.07, 6.45) is -2.83. The summed E-state index contributed by atoms with van der Waals surface area (Å²) in [6, 6.07) is 8.49. The highest BCUT2D eigenvalue weighted by Gasteiger charge is 2.31. The van der Waals surface area contributed by atoms with Gasteiger partial charge in [-0.05, 0) is 30.3 Å². The van der Waals surface area contributed by atoms with Gasteiger partial charge in [0.2, 0.25) is 0 Å². The molecule has 8 heteroatoms. The molecule has 3 aromatic rings. The van der Waals surface area contributed by atoms with E-state index in [9.17, 15) is 13.2 Å². The number of aromatic nitrogens is 1. The number of nitrogens with one attached hydrogen (secondary N) is 1. The number of benzene rings is 2. The number of nitrogens with zero attached hydrogens (tertiary/aromatic N) is 1. The zero-order valence-corrected chi connectivity index (χ0v) is 14.7. The highest BCUT2D eigenvalue weighted by molar-refractivity contribution is 7.13. The molecule has 0 spiro atoms. The molecule has 0 saturated heterocycles. The van der Waals surface area contributed by atoms with Crippen LogP contribution in [0.15, 0.2) is 48.0 Å². The second kappa shape index (κ2) is 7.25. The molecule has 1 N–H and O–H groups in total. The molecule has 0 aliphatic heterocycles. The maximum absolute atomic E-state index is 13.2. The first kappa shape index (κ1) is 18.1. The van der Waals surface area contributed by atoms with Crippen LogP contribution >= 0.6 is 11.3 Å². The largest absolute Gasteiger partial charge is 0.497 e. The van der Waals surface area contributed by atoms with E-state index >= 15 is 0 Å². The molecule has 0 bridgehead atoms. The number of hydrogen-bond donors (Lipinski definition) is 1. The van der Waals surface area contributed by atoms with E-state index in [1.807, 2.05) is 0 Å². The lowest BCUT2D eigenvalue weighted by Crippen LogP contribution is -2.06. The number of thiazole rings is 1. The summed E-state index contributed by atoms with van der Waals surface area (Å²) in [5, 5.41) is 5.42. The Bertz CT molecular complexity index is 896. The molecule has 0 fully saturated rings. The van der Waals surface area contributed by atoms with Crippen LogP contribution in [-0.4, -0.2) is 19.2 Å². The second-order valence-electron chi connectivity index (χ2n) is 5.29. The van der Waals surface area contributed by atoms with Crippen LogP contribution in [0, 0.1) is 0 Å². The Hall–Kier alpha value is -2.74. The molecule has 0 atom stereocenters. The van der Waals surface area contributed by atoms with Crippen molar-refractivity contribution in [1.29, 1.82) is 0 Å². The fraction of sp³-hybridized carbons (Fsp3) is 0.167. The molecule has 26 heavy (non-hydrogen) atoms. The van der Waals surface area contributed by atoms with Crippen molar-refractivity contribution < 1.29 is 22.6 Å². The quantitative estimate of drug-likeness (QED) is 0.627. The van der Waals surface area contributed by atoms with Crippen LogP contribution in [0.25, 0.3) is 11.1 Å². The number of methoxy groups -OCH3 is 2. The van der Waals surface area contributed by atoms with Gasteiger partial charge in [-0.15, -0.1) is 11.3 Å². The highest BCUT2D eigenvalue weighted by atomic mass is 32.1. The second-order valence-corrected chi connectivity index (χ2v) is 6.18. The molecule has 1 aromatic heterocycles. The summed E-state index contributed by atoms with van der Waals surface area (Å²) in [6.45, 7) is 0. The van der Waals surface area contributed by atoms with Crippen LogP contribution in [0.3, 0.4) is 0 Å². The summed E-state index contributed by atoms with van der Waals surface area (Å²) in [5.41, 5.74) is 0.625. The van der Waals surface area contributed by atoms with Gasteiger partial charge in [0.05, 0.1) is 19.8 Å². The van der Waals surface area contributed by atoms with Crippen molar-refractivity contribution in [3.8, 4) is 22.6 Å². The minimum Gasteiger partial charge on any atom is -0.497 e. The van der Waals surface area contributed by atoms with E-state index in [0.717, 1.165) is 12.1 Å². The Morgan fingerprint density at radius 2 is 1.81 bits per heavy atom. The third kappa shape index (κ3) is 3.75. The SMILES string of the molecule is COc1ccc(-c2cc(C(F)(F)F)ccc2Nc2nccs2)c(OC)c1. The first-order valence-electron chi connectivity index (χ1n) is 7.52. The van der Waals surface area contributed by atoms with Gasteiger partial charge < -0.3 is 14.8 Å². The number of rotatable bonds is 5. The molecular formula is C18H15F3N2O2S. The maximum Gasteiger partial charge on any atom is 0.416 e. The molecule has 4 nitrogen and oxygen atoms in total. The summed E-state index contributed by atoms with van der Waals surface area (Å²) < 4.78 is 50.1. The molecule has 0 radical (unpaired) electrons. The lowest BCUT2D eigenvalue weighted by molar-refractivity contribution is -0.137. The molecule has 1 heterocycles. The third-order valence-corrected chi connectivity index (χ3v) is 4.41. The van der Waals surface area contributed by atoms with Crippen LogP contribution in [0.2, 0.25) is 0 Å². The fourth-order valence-electron chi connectivity index (χ4n) is 2.47. The zero-order valence-electron chi connectivity index (χ0n) is 13.9. The van der Waals surface area contributed by atoms with Gasteiger partial charge in [-0.3, -0.25) is 0 Å². The fourth-order valence-corrected chi connectivity index (χ4v) is 3.02. The van der Waals surface area contributed by atoms with Gasteiger partial charge in [0.25, 0.3) is 0 Å². The standard InChI is InChI=1S/C18H15F3N2O2S/c1-24-12-4-5-13(16(10-12)25-2)14-9-11(18(19,20)21)3-6-15(14)23-17-22-7-8-26-17/h3-10H,1-2H3,(H,22,23). The zero-order chi connectivity index (χ0) is 18.7. The normalized spacial score (nSPS) is 11.3. The summed E-state index contributed by atoms with van der Waals surface area (Å²) >= 11 is 1.35. The van der Waals surface area contributed by atoms with Crippen molar-refractivity contribution >= 4 is 22.2 Å². The van der Waals surface area contributed by atoms with Gasteiger partial charge in [0, 0.05) is 34.5 Å². The van der Waals surface area contributed by atoms with Gasteiger partial charge in [0.1, 0.15) is 11.5 Å². The van der Waals surface area contributed by atoms with Crippen molar-refractivity contribution in [2.45, 2.75) is 6.18 Å². The minimum absolute atomic E-state index is 0.356. The predicted molar refractivity (Wildman–Crippen MR) is 95.4 cm³/mol. The van der Waals surface area contributed by atoms with Crippen LogP contribution in [-0.2, 0) is 6.18 Å². The molecule has 0 unspecified atom stereocenters. The van der Waals surface area contributed by atoms with E-state index in [2.05, 4.69) is 10.3 Å². The summed E-state index contributed by atoms with van der Waals surface area (Å²) in [7, 11) is 2.97. The third-order valence-electron chi connectivity index (χ3n) is 3.72. The first-order valence-corrected chi connectivity index (χ1v) is 8.40. The number of anilines is 2. The lowest BCUT2D eigenvalue weighted by Gasteiger charge is -2.17. The molecule has 3 rings (SSSR count). The first-order chi connectivity index (χ1) is 12.4. The van der Waals surface area contributed by atoms with E-state index in [1.54, 1.807) is 29.8 Å². The molecule has 0 saturated carbocycles. The Morgan fingerprint density at radius 1 is 1.00 bits per heavy atom. The van der Waals surface area contributed by atoms with Gasteiger partial charge >= 0.3 is 6.18 Å². The number of ether oxygens (including phenoxy) is 2. The van der Waals surface area contributed by atoms with Crippen molar-refractivity contribution in [3.63, 3.8) is 0 Å². The average molecular weight is 380 g/mol. The van der Waals surface area contributed by atoms with E-state index in [-0.39, 0.29) is 0 Å². The maximum atomic E-state index is 13.2. The van der Waals surface area contributed by atoms with Crippen molar-refractivity contribution in [2.24, 2.45) is 0 Å². The van der Waals surface area contributed by atoms with Crippen LogP contribution in [0.5, 0.6) is 11.5 Å². The Morgan fingerprint density at radius 3 is 2.42 bits per heavy atom. The van der Waals surface area contributed by atoms with Crippen LogP contribution in [0.1, 0.15) is 5.56 Å². The van der Waals surface area contributed by atoms with E-state index in [1.165, 1.54) is 31.6 Å². The van der Waals surface area contributed by atoms with E-state index in [0.29, 0.717) is 33.4 Å². The molecule has 0 amide bonds. The van der Waals surface area contributed by atoms with Crippen LogP contribution in [0.4, 0.5) is 24.0 Å². The number of hydrogen-bond acceptors (Lipinski definition) is 5. The molecular weight excluding hydrogens is 365 g/mol. The number of alkyl halides is 3. The minimum atomic E-state index is -4.45. The average Bonchev–Trinajstić information content (AvgIpc) is 3.13. The monoisotopic (exact) mass is 380 g/mol. The Labute approximate surface area is 152 Å². The smallest absolute Gasteiger partial charge is 0.416 e. The van der Waals surface area contributed by atoms with Crippen molar-refractivity contribution in [1.82, 2.24) is 4.98 Å². The van der Waals surface area contributed by atoms with Gasteiger partial charge in [-0.25, -0.2) is 4.98 Å². The molecule has 0 aliphatic rings. The highest BCUT2D eigenvalue weighted by Crippen LogP contribution is 2.41. The Kier molecular flexibility index (Phi) is 5.03. The van der Waals surface area contributed by atoms with Crippen LogP contribution < -0.4 is 14.8 Å². The van der Waals surface area contributed by atoms with Gasteiger partial charge in [-0.2, -0.15) is 13.2 Å². The van der Waals surface area contributed by atoms with Crippen molar-refractivity contribution in [3.05, 3.63) is 53.5 Å².